The number of hydrogen-bond donors (Lipinski definition) is 2. The van der Waals surface area contributed by atoms with E-state index < -0.39 is 0 Å². The van der Waals surface area contributed by atoms with Crippen LogP contribution in [0.25, 0.3) is 0 Å². The number of fused-ring (bicyclic) bond motifs is 1. The lowest BCUT2D eigenvalue weighted by Gasteiger charge is -2.21. The molecule has 0 amide bonds. The van der Waals surface area contributed by atoms with Gasteiger partial charge in [-0.1, -0.05) is 25.1 Å². The van der Waals surface area contributed by atoms with E-state index in [1.165, 1.54) is 36.0 Å². The number of benzene rings is 1. The summed E-state index contributed by atoms with van der Waals surface area (Å²) in [5, 5.41) is 12.7. The second kappa shape index (κ2) is 5.65. The molecular formula is C15H23NO. The number of aliphatic hydroxyl groups excluding tert-OH is 1. The molecule has 2 atom stereocenters. The van der Waals surface area contributed by atoms with E-state index in [-0.39, 0.29) is 12.6 Å². The zero-order valence-electron chi connectivity index (χ0n) is 10.9. The lowest BCUT2D eigenvalue weighted by Crippen LogP contribution is -2.33. The second-order valence-electron chi connectivity index (χ2n) is 5.06. The van der Waals surface area contributed by atoms with Gasteiger partial charge in [0.2, 0.25) is 0 Å². The predicted octanol–water partition coefficient (Wildman–Crippen LogP) is 2.60. The molecule has 2 rings (SSSR count). The highest BCUT2D eigenvalue weighted by molar-refractivity contribution is 5.36. The molecule has 1 aromatic carbocycles. The van der Waals surface area contributed by atoms with E-state index in [2.05, 4.69) is 37.4 Å². The fraction of sp³-hybridized carbons (Fsp3) is 0.600. The van der Waals surface area contributed by atoms with E-state index in [0.29, 0.717) is 6.04 Å². The predicted molar refractivity (Wildman–Crippen MR) is 71.2 cm³/mol. The lowest BCUT2D eigenvalue weighted by atomic mass is 10.0. The van der Waals surface area contributed by atoms with E-state index in [1.807, 2.05) is 0 Å². The van der Waals surface area contributed by atoms with E-state index >= 15 is 0 Å². The van der Waals surface area contributed by atoms with E-state index in [4.69, 9.17) is 0 Å². The van der Waals surface area contributed by atoms with Crippen LogP contribution in [0.15, 0.2) is 18.2 Å². The SMILES string of the molecule is CC[C@H](CO)NC(C)c1ccc2c(c1)CCC2. The lowest BCUT2D eigenvalue weighted by molar-refractivity contribution is 0.230. The smallest absolute Gasteiger partial charge is 0.0584 e. The quantitative estimate of drug-likeness (QED) is 0.819. The maximum Gasteiger partial charge on any atom is 0.0584 e. The number of aryl methyl sites for hydroxylation is 2. The zero-order valence-corrected chi connectivity index (χ0v) is 10.9. The van der Waals surface area contributed by atoms with E-state index in [9.17, 15) is 5.11 Å². The van der Waals surface area contributed by atoms with E-state index in [1.54, 1.807) is 0 Å². The normalized spacial score (nSPS) is 17.8. The summed E-state index contributed by atoms with van der Waals surface area (Å²) in [6.45, 7) is 4.49. The fourth-order valence-corrected chi connectivity index (χ4v) is 2.61. The van der Waals surface area contributed by atoms with Crippen LogP contribution in [0.2, 0.25) is 0 Å². The van der Waals surface area contributed by atoms with Crippen molar-refractivity contribution in [2.75, 3.05) is 6.61 Å². The van der Waals surface area contributed by atoms with Gasteiger partial charge in [-0.05, 0) is 49.3 Å². The summed E-state index contributed by atoms with van der Waals surface area (Å²) < 4.78 is 0. The van der Waals surface area contributed by atoms with Crippen molar-refractivity contribution in [3.63, 3.8) is 0 Å². The minimum Gasteiger partial charge on any atom is -0.395 e. The van der Waals surface area contributed by atoms with Gasteiger partial charge in [-0.2, -0.15) is 0 Å². The molecule has 2 N–H and O–H groups in total. The molecule has 2 nitrogen and oxygen atoms in total. The van der Waals surface area contributed by atoms with Crippen LogP contribution < -0.4 is 5.32 Å². The Bertz CT molecular complexity index is 371. The summed E-state index contributed by atoms with van der Waals surface area (Å²) in [6.07, 6.45) is 4.74. The second-order valence-corrected chi connectivity index (χ2v) is 5.06. The molecule has 0 fully saturated rings. The van der Waals surface area contributed by atoms with Crippen molar-refractivity contribution in [3.8, 4) is 0 Å². The molecule has 0 spiro atoms. The van der Waals surface area contributed by atoms with Crippen LogP contribution in [0.5, 0.6) is 0 Å². The highest BCUT2D eigenvalue weighted by atomic mass is 16.3. The molecule has 1 aromatic rings. The van der Waals surface area contributed by atoms with Crippen LogP contribution in [0.4, 0.5) is 0 Å². The molecule has 0 saturated carbocycles. The maximum absolute atomic E-state index is 9.21. The fourth-order valence-electron chi connectivity index (χ4n) is 2.61. The van der Waals surface area contributed by atoms with Crippen LogP contribution in [0.3, 0.4) is 0 Å². The largest absolute Gasteiger partial charge is 0.395 e. The molecule has 0 radical (unpaired) electrons. The van der Waals surface area contributed by atoms with Crippen LogP contribution >= 0.6 is 0 Å². The molecule has 17 heavy (non-hydrogen) atoms. The van der Waals surface area contributed by atoms with Gasteiger partial charge in [0.25, 0.3) is 0 Å². The summed E-state index contributed by atoms with van der Waals surface area (Å²) in [6, 6.07) is 7.36. The van der Waals surface area contributed by atoms with Crippen molar-refractivity contribution in [2.45, 2.75) is 51.6 Å². The Morgan fingerprint density at radius 1 is 1.29 bits per heavy atom. The van der Waals surface area contributed by atoms with Crippen LogP contribution in [-0.4, -0.2) is 17.8 Å². The summed E-state index contributed by atoms with van der Waals surface area (Å²) >= 11 is 0. The average Bonchev–Trinajstić information content (AvgIpc) is 2.82. The maximum atomic E-state index is 9.21. The Balaban J connectivity index is 2.06. The summed E-state index contributed by atoms with van der Waals surface area (Å²) in [5.41, 5.74) is 4.39. The minimum atomic E-state index is 0.207. The molecule has 94 valence electrons. The van der Waals surface area contributed by atoms with Gasteiger partial charge in [-0.25, -0.2) is 0 Å². The standard InChI is InChI=1S/C15H23NO/c1-3-15(10-17)16-11(2)13-8-7-12-5-4-6-14(12)9-13/h7-9,11,15-17H,3-6,10H2,1-2H3/t11?,15-/m1/s1. The zero-order chi connectivity index (χ0) is 12.3. The Labute approximate surface area is 104 Å². The van der Waals surface area contributed by atoms with Gasteiger partial charge in [0.15, 0.2) is 0 Å². The van der Waals surface area contributed by atoms with Gasteiger partial charge in [-0.3, -0.25) is 0 Å². The van der Waals surface area contributed by atoms with Crippen molar-refractivity contribution in [1.82, 2.24) is 5.32 Å². The highest BCUT2D eigenvalue weighted by Gasteiger charge is 2.15. The molecule has 1 aliphatic rings. The van der Waals surface area contributed by atoms with Gasteiger partial charge < -0.3 is 10.4 Å². The highest BCUT2D eigenvalue weighted by Crippen LogP contribution is 2.25. The third-order valence-corrected chi connectivity index (χ3v) is 3.82. The van der Waals surface area contributed by atoms with Crippen LogP contribution in [-0.2, 0) is 12.8 Å². The molecule has 2 heteroatoms. The Morgan fingerprint density at radius 2 is 2.06 bits per heavy atom. The third-order valence-electron chi connectivity index (χ3n) is 3.82. The first-order valence-corrected chi connectivity index (χ1v) is 6.73. The molecule has 0 bridgehead atoms. The average molecular weight is 233 g/mol. The first-order valence-electron chi connectivity index (χ1n) is 6.73. The van der Waals surface area contributed by atoms with Crippen molar-refractivity contribution in [2.24, 2.45) is 0 Å². The molecule has 0 saturated heterocycles. The van der Waals surface area contributed by atoms with Crippen molar-refractivity contribution >= 4 is 0 Å². The Kier molecular flexibility index (Phi) is 4.19. The van der Waals surface area contributed by atoms with Crippen molar-refractivity contribution in [1.29, 1.82) is 0 Å². The molecule has 0 aliphatic heterocycles. The Hall–Kier alpha value is -0.860. The molecule has 1 aliphatic carbocycles. The summed E-state index contributed by atoms with van der Waals surface area (Å²) in [7, 11) is 0. The van der Waals surface area contributed by atoms with Crippen LogP contribution in [0.1, 0.15) is 49.4 Å². The van der Waals surface area contributed by atoms with Crippen LogP contribution in [0, 0.1) is 0 Å². The van der Waals surface area contributed by atoms with Crippen molar-refractivity contribution in [3.05, 3.63) is 34.9 Å². The molecule has 1 unspecified atom stereocenters. The van der Waals surface area contributed by atoms with Gasteiger partial charge in [-0.15, -0.1) is 0 Å². The number of hydrogen-bond acceptors (Lipinski definition) is 2. The summed E-state index contributed by atoms with van der Waals surface area (Å²) in [4.78, 5) is 0. The number of rotatable bonds is 5. The first-order chi connectivity index (χ1) is 8.24. The first kappa shape index (κ1) is 12.6. The number of aliphatic hydroxyl groups is 1. The monoisotopic (exact) mass is 233 g/mol. The topological polar surface area (TPSA) is 32.3 Å². The Morgan fingerprint density at radius 3 is 2.76 bits per heavy atom. The van der Waals surface area contributed by atoms with Gasteiger partial charge >= 0.3 is 0 Å². The number of nitrogens with one attached hydrogen (secondary N) is 1. The molecular weight excluding hydrogens is 210 g/mol. The van der Waals surface area contributed by atoms with E-state index in [0.717, 1.165) is 6.42 Å². The third kappa shape index (κ3) is 2.88. The molecule has 0 heterocycles. The van der Waals surface area contributed by atoms with Crippen molar-refractivity contribution < 1.29 is 5.11 Å². The summed E-state index contributed by atoms with van der Waals surface area (Å²) in [5.74, 6) is 0. The van der Waals surface area contributed by atoms with Gasteiger partial charge in [0, 0.05) is 12.1 Å². The van der Waals surface area contributed by atoms with Gasteiger partial charge in [0.05, 0.1) is 6.61 Å². The van der Waals surface area contributed by atoms with Gasteiger partial charge in [0.1, 0.15) is 0 Å². The minimum absolute atomic E-state index is 0.207. The molecule has 0 aromatic heterocycles.